The Morgan fingerprint density at radius 1 is 1.33 bits per heavy atom. The molecule has 0 fully saturated rings. The van der Waals surface area contributed by atoms with Crippen molar-refractivity contribution in [1.29, 1.82) is 0 Å². The Morgan fingerprint density at radius 2 is 2.06 bits per heavy atom. The Bertz CT molecular complexity index is 399. The Morgan fingerprint density at radius 3 is 2.67 bits per heavy atom. The molecular weight excluding hydrogens is 274 g/mol. The maximum Gasteiger partial charge on any atom is 0.327 e. The Hall–Kier alpha value is -1.21. The number of hydrogen-bond acceptors (Lipinski definition) is 7. The summed E-state index contributed by atoms with van der Waals surface area (Å²) in [5, 5.41) is 0. The normalized spacial score (nSPS) is 11.7. The van der Waals surface area contributed by atoms with E-state index in [2.05, 4.69) is 9.17 Å². The zero-order valence-corrected chi connectivity index (χ0v) is 11.6. The van der Waals surface area contributed by atoms with E-state index >= 15 is 0 Å². The Kier molecular flexibility index (Phi) is 6.59. The van der Waals surface area contributed by atoms with Crippen LogP contribution in [0.15, 0.2) is 24.4 Å². The van der Waals surface area contributed by atoms with E-state index in [4.69, 9.17) is 4.18 Å². The number of nitrogens with zero attached hydrogens (tertiary/aromatic N) is 1. The van der Waals surface area contributed by atoms with Gasteiger partial charge in [0.1, 0.15) is 0 Å². The summed E-state index contributed by atoms with van der Waals surface area (Å²) in [5.74, 6) is -1.25. The number of rotatable bonds is 6. The quantitative estimate of drug-likeness (QED) is 0.453. The molecule has 0 saturated heterocycles. The molecule has 0 aliphatic heterocycles. The van der Waals surface area contributed by atoms with Crippen molar-refractivity contribution in [3.8, 4) is 0 Å². The van der Waals surface area contributed by atoms with Crippen LogP contribution < -0.4 is 0 Å². The molecule has 7 heteroatoms. The lowest BCUT2D eigenvalue weighted by atomic mass is 10.1. The van der Waals surface area contributed by atoms with Gasteiger partial charge in [0.2, 0.25) is 0 Å². The number of hydrogen-bond donors (Lipinski definition) is 0. The molecule has 0 spiro atoms. The van der Waals surface area contributed by atoms with Gasteiger partial charge in [-0.2, -0.15) is 0 Å². The first-order valence-corrected chi connectivity index (χ1v) is 7.30. The highest BCUT2D eigenvalue weighted by Gasteiger charge is 2.18. The highest BCUT2D eigenvalue weighted by molar-refractivity contribution is 8.73. The molecule has 1 unspecified atom stereocenters. The summed E-state index contributed by atoms with van der Waals surface area (Å²) in [6.07, 6.45) is 1.90. The van der Waals surface area contributed by atoms with Gasteiger partial charge < -0.3 is 8.37 Å². The molecule has 1 rings (SSSR count). The average Bonchev–Trinajstić information content (AvgIpc) is 2.43. The van der Waals surface area contributed by atoms with Crippen LogP contribution in [0.4, 0.5) is 0 Å². The molecule has 0 saturated carbocycles. The minimum atomic E-state index is -0.457. The second kappa shape index (κ2) is 7.99. The molecule has 0 N–H and O–H groups in total. The fourth-order valence-corrected chi connectivity index (χ4v) is 2.04. The molecule has 0 bridgehead atoms. The second-order valence-corrected chi connectivity index (χ2v) is 4.75. The summed E-state index contributed by atoms with van der Waals surface area (Å²) in [6.45, 7) is 3.39. The van der Waals surface area contributed by atoms with E-state index in [0.29, 0.717) is 5.69 Å². The first-order chi connectivity index (χ1) is 8.65. The van der Waals surface area contributed by atoms with Gasteiger partial charge in [-0.15, -0.1) is 0 Å². The van der Waals surface area contributed by atoms with Gasteiger partial charge in [0.05, 0.1) is 11.6 Å². The molecule has 1 aromatic heterocycles. The fraction of sp³-hybridized carbons (Fsp3) is 0.364. The van der Waals surface area contributed by atoms with Gasteiger partial charge in [-0.05, 0) is 19.1 Å². The Balaban J connectivity index is 2.31. The molecule has 0 amide bonds. The first-order valence-electron chi connectivity index (χ1n) is 5.30. The largest absolute Gasteiger partial charge is 0.376 e. The molecule has 0 aromatic carbocycles. The van der Waals surface area contributed by atoms with Crippen molar-refractivity contribution < 1.29 is 18.0 Å². The molecular formula is C11H13NO4S2. The minimum absolute atomic E-state index is 0.284. The molecule has 1 heterocycles. The van der Waals surface area contributed by atoms with Crippen molar-refractivity contribution in [3.05, 3.63) is 30.1 Å². The van der Waals surface area contributed by atoms with Crippen LogP contribution in [0.1, 0.15) is 31.9 Å². The summed E-state index contributed by atoms with van der Waals surface area (Å²) in [6, 6.07) is 5.33. The predicted octanol–water partition coefficient (Wildman–Crippen LogP) is 2.89. The fourth-order valence-electron chi connectivity index (χ4n) is 0.983. The van der Waals surface area contributed by atoms with Gasteiger partial charge in [0.25, 0.3) is 0 Å². The van der Waals surface area contributed by atoms with Gasteiger partial charge in [-0.25, -0.2) is 0 Å². The first kappa shape index (κ1) is 14.8. The van der Waals surface area contributed by atoms with Gasteiger partial charge in [-0.1, -0.05) is 13.0 Å². The molecule has 98 valence electrons. The average molecular weight is 287 g/mol. The predicted molar refractivity (Wildman–Crippen MR) is 70.3 cm³/mol. The third kappa shape index (κ3) is 4.97. The van der Waals surface area contributed by atoms with Crippen molar-refractivity contribution in [2.45, 2.75) is 26.2 Å². The summed E-state index contributed by atoms with van der Waals surface area (Å²) in [4.78, 5) is 26.5. The summed E-state index contributed by atoms with van der Waals surface area (Å²) in [5.41, 5.74) is 0.638. The lowest BCUT2D eigenvalue weighted by molar-refractivity contribution is -0.135. The summed E-state index contributed by atoms with van der Waals surface area (Å²) >= 11 is 1.45. The third-order valence-electron chi connectivity index (χ3n) is 2.04. The molecule has 1 atom stereocenters. The van der Waals surface area contributed by atoms with Crippen LogP contribution in [0.3, 0.4) is 0 Å². The molecule has 0 aliphatic carbocycles. The highest BCUT2D eigenvalue weighted by atomic mass is 33.1. The van der Waals surface area contributed by atoms with E-state index in [0.717, 1.165) is 22.1 Å². The van der Waals surface area contributed by atoms with Crippen molar-refractivity contribution in [2.24, 2.45) is 0 Å². The van der Waals surface area contributed by atoms with Gasteiger partial charge in [0.15, 0.2) is 22.1 Å². The molecule has 0 aliphatic rings. The number of aromatic nitrogens is 1. The van der Waals surface area contributed by atoms with E-state index in [-0.39, 0.29) is 12.4 Å². The van der Waals surface area contributed by atoms with Gasteiger partial charge >= 0.3 is 11.9 Å². The standard InChI is InChI=1S/C11H13NO4S2/c1-3-10(13)15-17-18-16-11(14)8(2)9-6-4-5-7-12-9/h4-8H,3H2,1-2H3. The topological polar surface area (TPSA) is 65.5 Å². The monoisotopic (exact) mass is 287 g/mol. The SMILES string of the molecule is CCC(=O)OSSOC(=O)C(C)c1ccccn1. The van der Waals surface area contributed by atoms with Gasteiger partial charge in [-0.3, -0.25) is 14.6 Å². The molecule has 5 nitrogen and oxygen atoms in total. The van der Waals surface area contributed by atoms with Crippen LogP contribution in [0.25, 0.3) is 0 Å². The highest BCUT2D eigenvalue weighted by Crippen LogP contribution is 2.27. The minimum Gasteiger partial charge on any atom is -0.376 e. The van der Waals surface area contributed by atoms with Crippen molar-refractivity contribution in [2.75, 3.05) is 0 Å². The van der Waals surface area contributed by atoms with Crippen LogP contribution in [-0.2, 0) is 18.0 Å². The summed E-state index contributed by atoms with van der Waals surface area (Å²) in [7, 11) is 0. The number of carbonyl (C=O) groups excluding carboxylic acids is 2. The second-order valence-electron chi connectivity index (χ2n) is 3.32. The third-order valence-corrected chi connectivity index (χ3v) is 3.16. The van der Waals surface area contributed by atoms with Crippen molar-refractivity contribution in [1.82, 2.24) is 4.98 Å². The van der Waals surface area contributed by atoms with Crippen molar-refractivity contribution >= 4 is 34.1 Å². The number of pyridine rings is 1. The maximum absolute atomic E-state index is 11.6. The zero-order valence-electron chi connectivity index (χ0n) is 9.99. The van der Waals surface area contributed by atoms with E-state index < -0.39 is 11.9 Å². The number of carbonyl (C=O) groups is 2. The smallest absolute Gasteiger partial charge is 0.327 e. The summed E-state index contributed by atoms with van der Waals surface area (Å²) < 4.78 is 9.55. The zero-order chi connectivity index (χ0) is 13.4. The van der Waals surface area contributed by atoms with Crippen LogP contribution in [0.2, 0.25) is 0 Å². The lowest BCUT2D eigenvalue weighted by Gasteiger charge is -2.08. The van der Waals surface area contributed by atoms with Crippen LogP contribution >= 0.6 is 22.1 Å². The molecule has 1 aromatic rings. The molecule has 18 heavy (non-hydrogen) atoms. The van der Waals surface area contributed by atoms with Crippen LogP contribution in [-0.4, -0.2) is 16.9 Å². The van der Waals surface area contributed by atoms with E-state index in [1.54, 1.807) is 38.2 Å². The van der Waals surface area contributed by atoms with Crippen molar-refractivity contribution in [3.63, 3.8) is 0 Å². The molecule has 0 radical (unpaired) electrons. The lowest BCUT2D eigenvalue weighted by Crippen LogP contribution is -2.10. The Labute approximate surface area is 113 Å². The van der Waals surface area contributed by atoms with E-state index in [9.17, 15) is 9.59 Å². The van der Waals surface area contributed by atoms with E-state index in [1.807, 2.05) is 0 Å². The van der Waals surface area contributed by atoms with Crippen LogP contribution in [0.5, 0.6) is 0 Å². The maximum atomic E-state index is 11.6. The van der Waals surface area contributed by atoms with Crippen LogP contribution in [0, 0.1) is 0 Å². The van der Waals surface area contributed by atoms with E-state index in [1.165, 1.54) is 0 Å². The van der Waals surface area contributed by atoms with Gasteiger partial charge in [0, 0.05) is 12.6 Å².